The maximum Gasteiger partial charge on any atom is 0.295 e. The molecular weight excluding hydrogens is 458 g/mol. The predicted octanol–water partition coefficient (Wildman–Crippen LogP) is 4.47. The van der Waals surface area contributed by atoms with Crippen LogP contribution in [-0.4, -0.2) is 37.8 Å². The number of Topliss-reactive ketones (excluding diaryl/α,β-unsaturated/α-hetero) is 1. The number of likely N-dealkylation sites (tertiary alicyclic amines) is 1. The molecule has 0 aliphatic carbocycles. The van der Waals surface area contributed by atoms with Crippen molar-refractivity contribution in [3.63, 3.8) is 0 Å². The summed E-state index contributed by atoms with van der Waals surface area (Å²) in [5.41, 5.74) is 2.50. The Bertz CT molecular complexity index is 1120. The average Bonchev–Trinajstić information content (AvgIpc) is 3.37. The monoisotopic (exact) mass is 479 g/mol. The van der Waals surface area contributed by atoms with Crippen molar-refractivity contribution in [2.45, 2.75) is 25.9 Å². The summed E-state index contributed by atoms with van der Waals surface area (Å²) < 4.78 is 2.79. The topological polar surface area (TPSA) is 75.4 Å². The standard InChI is InChI=1S/C24H22BrN3O3/c1-16-3-5-17(6-4-16)21-20(22(29)18-7-9-19(25)10-8-18)23(30)24(31)28(21)13-2-12-27-14-11-26-15-27/h3-11,14-15,21,29H,2,12-13H2,1H3/t21-/m0/s1. The quantitative estimate of drug-likeness (QED) is 0.321. The number of aliphatic hydroxyl groups excluding tert-OH is 1. The zero-order chi connectivity index (χ0) is 22.0. The number of aromatic nitrogens is 2. The highest BCUT2D eigenvalue weighted by Gasteiger charge is 2.45. The Balaban J connectivity index is 1.72. The Hall–Kier alpha value is -3.19. The summed E-state index contributed by atoms with van der Waals surface area (Å²) in [6.07, 6.45) is 5.94. The first-order chi connectivity index (χ1) is 15.0. The van der Waals surface area contributed by atoms with Crippen molar-refractivity contribution in [1.82, 2.24) is 14.5 Å². The third kappa shape index (κ3) is 4.32. The molecule has 0 unspecified atom stereocenters. The third-order valence-electron chi connectivity index (χ3n) is 5.43. The van der Waals surface area contributed by atoms with Crippen molar-refractivity contribution < 1.29 is 14.7 Å². The van der Waals surface area contributed by atoms with Crippen molar-refractivity contribution >= 4 is 33.4 Å². The molecule has 1 saturated heterocycles. The van der Waals surface area contributed by atoms with Gasteiger partial charge in [0.1, 0.15) is 5.76 Å². The van der Waals surface area contributed by atoms with Gasteiger partial charge in [0, 0.05) is 35.5 Å². The largest absolute Gasteiger partial charge is 0.507 e. The van der Waals surface area contributed by atoms with Crippen LogP contribution in [0.15, 0.2) is 77.3 Å². The van der Waals surface area contributed by atoms with Gasteiger partial charge >= 0.3 is 0 Å². The lowest BCUT2D eigenvalue weighted by molar-refractivity contribution is -0.139. The number of aryl methyl sites for hydroxylation is 2. The second-order valence-corrected chi connectivity index (χ2v) is 8.48. The SMILES string of the molecule is Cc1ccc([C@H]2C(=C(O)c3ccc(Br)cc3)C(=O)C(=O)N2CCCn2ccnc2)cc1. The van der Waals surface area contributed by atoms with Crippen molar-refractivity contribution in [1.29, 1.82) is 0 Å². The van der Waals surface area contributed by atoms with Gasteiger partial charge in [-0.05, 0) is 31.0 Å². The number of halogens is 1. The van der Waals surface area contributed by atoms with Crippen LogP contribution in [0.3, 0.4) is 0 Å². The van der Waals surface area contributed by atoms with E-state index in [1.807, 2.05) is 42.0 Å². The summed E-state index contributed by atoms with van der Waals surface area (Å²) in [6, 6.07) is 14.1. The smallest absolute Gasteiger partial charge is 0.295 e. The molecule has 1 aromatic heterocycles. The Morgan fingerprint density at radius 1 is 1.06 bits per heavy atom. The zero-order valence-corrected chi connectivity index (χ0v) is 18.6. The summed E-state index contributed by atoms with van der Waals surface area (Å²) in [5, 5.41) is 11.0. The second-order valence-electron chi connectivity index (χ2n) is 7.56. The van der Waals surface area contributed by atoms with E-state index in [1.165, 1.54) is 0 Å². The van der Waals surface area contributed by atoms with Gasteiger partial charge in [-0.1, -0.05) is 57.9 Å². The van der Waals surface area contributed by atoms with Crippen LogP contribution < -0.4 is 0 Å². The number of carbonyl (C=O) groups excluding carboxylic acids is 2. The molecule has 1 atom stereocenters. The van der Waals surface area contributed by atoms with E-state index in [0.717, 1.165) is 15.6 Å². The molecule has 1 amide bonds. The predicted molar refractivity (Wildman–Crippen MR) is 121 cm³/mol. The first-order valence-electron chi connectivity index (χ1n) is 10.0. The van der Waals surface area contributed by atoms with Crippen LogP contribution in [0.2, 0.25) is 0 Å². The number of aliphatic hydroxyl groups is 1. The van der Waals surface area contributed by atoms with E-state index >= 15 is 0 Å². The molecule has 158 valence electrons. The van der Waals surface area contributed by atoms with Gasteiger partial charge in [0.25, 0.3) is 11.7 Å². The summed E-state index contributed by atoms with van der Waals surface area (Å²) in [5.74, 6) is -1.41. The number of ketones is 1. The fourth-order valence-electron chi connectivity index (χ4n) is 3.81. The highest BCUT2D eigenvalue weighted by atomic mass is 79.9. The highest BCUT2D eigenvalue weighted by molar-refractivity contribution is 9.10. The van der Waals surface area contributed by atoms with E-state index in [1.54, 1.807) is 41.7 Å². The Morgan fingerprint density at radius 2 is 1.77 bits per heavy atom. The van der Waals surface area contributed by atoms with Crippen molar-refractivity contribution in [2.75, 3.05) is 6.54 Å². The molecule has 1 aliphatic heterocycles. The fourth-order valence-corrected chi connectivity index (χ4v) is 4.08. The van der Waals surface area contributed by atoms with Crippen molar-refractivity contribution in [2.24, 2.45) is 0 Å². The van der Waals surface area contributed by atoms with E-state index in [0.29, 0.717) is 25.1 Å². The summed E-state index contributed by atoms with van der Waals surface area (Å²) in [4.78, 5) is 31.6. The van der Waals surface area contributed by atoms with Crippen LogP contribution in [-0.2, 0) is 16.1 Å². The number of benzene rings is 2. The van der Waals surface area contributed by atoms with Crippen LogP contribution in [0.5, 0.6) is 0 Å². The molecular formula is C24H22BrN3O3. The molecule has 4 rings (SSSR count). The van der Waals surface area contributed by atoms with E-state index in [-0.39, 0.29) is 11.3 Å². The van der Waals surface area contributed by atoms with Gasteiger partial charge in [-0.25, -0.2) is 4.98 Å². The van der Waals surface area contributed by atoms with Crippen LogP contribution >= 0.6 is 15.9 Å². The molecule has 1 N–H and O–H groups in total. The molecule has 6 nitrogen and oxygen atoms in total. The number of hydrogen-bond acceptors (Lipinski definition) is 4. The molecule has 0 spiro atoms. The van der Waals surface area contributed by atoms with Gasteiger partial charge in [0.2, 0.25) is 0 Å². The van der Waals surface area contributed by atoms with E-state index in [4.69, 9.17) is 0 Å². The lowest BCUT2D eigenvalue weighted by Crippen LogP contribution is -2.31. The van der Waals surface area contributed by atoms with Crippen LogP contribution in [0.4, 0.5) is 0 Å². The van der Waals surface area contributed by atoms with Crippen molar-refractivity contribution in [3.05, 3.63) is 94.0 Å². The number of carbonyl (C=O) groups is 2. The third-order valence-corrected chi connectivity index (χ3v) is 5.95. The van der Waals surface area contributed by atoms with Crippen molar-refractivity contribution in [3.8, 4) is 0 Å². The lowest BCUT2D eigenvalue weighted by Gasteiger charge is -2.25. The highest BCUT2D eigenvalue weighted by Crippen LogP contribution is 2.39. The molecule has 2 heterocycles. The molecule has 0 radical (unpaired) electrons. The first-order valence-corrected chi connectivity index (χ1v) is 10.8. The molecule has 7 heteroatoms. The van der Waals surface area contributed by atoms with Crippen LogP contribution in [0, 0.1) is 6.92 Å². The van der Waals surface area contributed by atoms with Gasteiger partial charge in [-0.2, -0.15) is 0 Å². The minimum Gasteiger partial charge on any atom is -0.507 e. The second kappa shape index (κ2) is 8.89. The minimum absolute atomic E-state index is 0.124. The Kier molecular flexibility index (Phi) is 6.04. The van der Waals surface area contributed by atoms with E-state index in [9.17, 15) is 14.7 Å². The van der Waals surface area contributed by atoms with E-state index in [2.05, 4.69) is 20.9 Å². The molecule has 0 saturated carbocycles. The first kappa shape index (κ1) is 21.1. The number of amides is 1. The summed E-state index contributed by atoms with van der Waals surface area (Å²) in [7, 11) is 0. The van der Waals surface area contributed by atoms with E-state index < -0.39 is 17.7 Å². The molecule has 1 aliphatic rings. The molecule has 0 bridgehead atoms. The Morgan fingerprint density at radius 3 is 2.42 bits per heavy atom. The summed E-state index contributed by atoms with van der Waals surface area (Å²) >= 11 is 3.38. The molecule has 3 aromatic rings. The van der Waals surface area contributed by atoms with Gasteiger partial charge in [-0.3, -0.25) is 9.59 Å². The lowest BCUT2D eigenvalue weighted by atomic mass is 9.94. The minimum atomic E-state index is -0.659. The van der Waals surface area contributed by atoms with Crippen LogP contribution in [0.1, 0.15) is 29.2 Å². The maximum absolute atomic E-state index is 13.0. The summed E-state index contributed by atoms with van der Waals surface area (Å²) in [6.45, 7) is 3.04. The fraction of sp³-hybridized carbons (Fsp3) is 0.208. The molecule has 1 fully saturated rings. The number of hydrogen-bond donors (Lipinski definition) is 1. The van der Waals surface area contributed by atoms with Gasteiger partial charge in [-0.15, -0.1) is 0 Å². The van der Waals surface area contributed by atoms with Crippen LogP contribution in [0.25, 0.3) is 5.76 Å². The molecule has 31 heavy (non-hydrogen) atoms. The number of rotatable bonds is 6. The zero-order valence-electron chi connectivity index (χ0n) is 17.0. The Labute approximate surface area is 189 Å². The normalized spacial score (nSPS) is 18.0. The maximum atomic E-state index is 13.0. The number of nitrogens with zero attached hydrogens (tertiary/aromatic N) is 3. The average molecular weight is 480 g/mol. The number of imidazole rings is 1. The van der Waals surface area contributed by atoms with Gasteiger partial charge in [0.15, 0.2) is 0 Å². The van der Waals surface area contributed by atoms with Gasteiger partial charge < -0.3 is 14.6 Å². The van der Waals surface area contributed by atoms with Gasteiger partial charge in [0.05, 0.1) is 17.9 Å². The molecule has 2 aromatic carbocycles.